The maximum atomic E-state index is 14.8. The zero-order valence-corrected chi connectivity index (χ0v) is 21.3. The van der Waals surface area contributed by atoms with Gasteiger partial charge in [-0.25, -0.2) is 22.4 Å². The van der Waals surface area contributed by atoms with Crippen LogP contribution in [0.1, 0.15) is 5.56 Å². The van der Waals surface area contributed by atoms with Crippen molar-refractivity contribution in [3.63, 3.8) is 0 Å². The first-order valence-corrected chi connectivity index (χ1v) is 12.8. The minimum atomic E-state index is -4.96. The predicted octanol–water partition coefficient (Wildman–Crippen LogP) is 5.45. The Balaban J connectivity index is 1.68. The molecule has 1 fully saturated rings. The summed E-state index contributed by atoms with van der Waals surface area (Å²) in [6.07, 6.45) is -6.65. The lowest BCUT2D eigenvalue weighted by molar-refractivity contribution is -0.137. The minimum absolute atomic E-state index is 0.00658. The average Bonchev–Trinajstić information content (AvgIpc) is 2.88. The molecule has 0 unspecified atom stereocenters. The lowest BCUT2D eigenvalue weighted by atomic mass is 9.95. The zero-order chi connectivity index (χ0) is 28.9. The van der Waals surface area contributed by atoms with Crippen molar-refractivity contribution in [2.24, 2.45) is 0 Å². The average molecular weight is 585 g/mol. The number of benzene rings is 2. The van der Waals surface area contributed by atoms with Gasteiger partial charge < -0.3 is 9.80 Å². The van der Waals surface area contributed by atoms with Gasteiger partial charge in [-0.15, -0.1) is 11.8 Å². The predicted molar refractivity (Wildman–Crippen MR) is 135 cm³/mol. The van der Waals surface area contributed by atoms with Gasteiger partial charge in [0.15, 0.2) is 0 Å². The van der Waals surface area contributed by atoms with Crippen molar-refractivity contribution in [2.45, 2.75) is 24.0 Å². The van der Waals surface area contributed by atoms with E-state index in [1.165, 1.54) is 9.47 Å². The fraction of sp³-hybridized carbons (Fsp3) is 0.269. The standard InChI is InChI=1S/C26H19F7N4O2S/c1-13-12-35(6-7-36(13)20(38)5-4-19(29)30)24-16-11-17(26(31,32)33)21(15-3-2-14(27)10-18(15)28)23-22(16)37(8-9-40-23)25(39)34-24/h2-5,10-11,19H,1,6-9,12H2/b5-4+. The maximum absolute atomic E-state index is 14.8. The molecule has 3 heterocycles. The SMILES string of the molecule is C=C1CN(c2nc(=O)n3c4c(c(-c5ccc(F)cc5F)c(C(F)(F)F)cc24)SCC3)CCN1C(=O)/C=C/C(F)F. The van der Waals surface area contributed by atoms with Crippen LogP contribution in [0.25, 0.3) is 22.0 Å². The highest BCUT2D eigenvalue weighted by atomic mass is 32.2. The molecule has 0 radical (unpaired) electrons. The van der Waals surface area contributed by atoms with Gasteiger partial charge in [0.05, 0.1) is 17.6 Å². The van der Waals surface area contributed by atoms with E-state index in [1.54, 1.807) is 0 Å². The highest BCUT2D eigenvalue weighted by Gasteiger charge is 2.39. The van der Waals surface area contributed by atoms with Crippen LogP contribution in [0.3, 0.4) is 0 Å². The number of aromatic nitrogens is 2. The van der Waals surface area contributed by atoms with Crippen molar-refractivity contribution in [3.8, 4) is 11.1 Å². The molecule has 2 aliphatic heterocycles. The number of rotatable bonds is 4. The summed E-state index contributed by atoms with van der Waals surface area (Å²) in [7, 11) is 0. The summed E-state index contributed by atoms with van der Waals surface area (Å²) in [6.45, 7) is 3.76. The molecule has 0 saturated carbocycles. The van der Waals surface area contributed by atoms with Crippen LogP contribution in [0.5, 0.6) is 0 Å². The van der Waals surface area contributed by atoms with Crippen LogP contribution in [0, 0.1) is 11.6 Å². The van der Waals surface area contributed by atoms with E-state index in [4.69, 9.17) is 0 Å². The summed E-state index contributed by atoms with van der Waals surface area (Å²) in [5, 5.41) is -0.0226. The molecule has 5 rings (SSSR count). The summed E-state index contributed by atoms with van der Waals surface area (Å²) < 4.78 is 98.0. The monoisotopic (exact) mass is 584 g/mol. The van der Waals surface area contributed by atoms with Gasteiger partial charge in [0, 0.05) is 64.6 Å². The van der Waals surface area contributed by atoms with Crippen molar-refractivity contribution in [1.82, 2.24) is 14.5 Å². The van der Waals surface area contributed by atoms with Crippen molar-refractivity contribution in [2.75, 3.05) is 30.3 Å². The highest BCUT2D eigenvalue weighted by Crippen LogP contribution is 2.49. The second-order valence-electron chi connectivity index (χ2n) is 9.04. The largest absolute Gasteiger partial charge is 0.417 e. The van der Waals surface area contributed by atoms with Crippen molar-refractivity contribution < 1.29 is 35.5 Å². The molecule has 3 aromatic rings. The molecule has 0 atom stereocenters. The second kappa shape index (κ2) is 10.3. The van der Waals surface area contributed by atoms with E-state index < -0.39 is 52.5 Å². The fourth-order valence-corrected chi connectivity index (χ4v) is 6.06. The quantitative estimate of drug-likeness (QED) is 0.302. The number of thioether (sulfide) groups is 1. The smallest absolute Gasteiger partial charge is 0.348 e. The number of piperazine rings is 1. The Morgan fingerprint density at radius 2 is 1.88 bits per heavy atom. The van der Waals surface area contributed by atoms with Crippen molar-refractivity contribution in [3.05, 3.63) is 76.4 Å². The van der Waals surface area contributed by atoms with E-state index in [-0.39, 0.29) is 59.2 Å². The summed E-state index contributed by atoms with van der Waals surface area (Å²) >= 11 is 1.02. The molecule has 2 aliphatic rings. The van der Waals surface area contributed by atoms with Crippen LogP contribution in [0.15, 0.2) is 58.4 Å². The molecule has 2 aromatic carbocycles. The second-order valence-corrected chi connectivity index (χ2v) is 10.1. The van der Waals surface area contributed by atoms with Gasteiger partial charge in [-0.3, -0.25) is 9.36 Å². The summed E-state index contributed by atoms with van der Waals surface area (Å²) in [5.41, 5.74) is -2.60. The Morgan fingerprint density at radius 3 is 2.52 bits per heavy atom. The number of anilines is 1. The van der Waals surface area contributed by atoms with Crippen LogP contribution in [-0.2, 0) is 17.5 Å². The first-order chi connectivity index (χ1) is 18.9. The molecule has 210 valence electrons. The van der Waals surface area contributed by atoms with Crippen LogP contribution in [0.4, 0.5) is 36.6 Å². The van der Waals surface area contributed by atoms with E-state index >= 15 is 0 Å². The Labute approximate surface area is 226 Å². The number of carbonyl (C=O) groups excluding carboxylic acids is 1. The van der Waals surface area contributed by atoms with Gasteiger partial charge in [-0.05, 0) is 24.3 Å². The van der Waals surface area contributed by atoms with Gasteiger partial charge in [0.1, 0.15) is 17.5 Å². The van der Waals surface area contributed by atoms with Gasteiger partial charge >= 0.3 is 11.9 Å². The van der Waals surface area contributed by atoms with Gasteiger partial charge in [0.25, 0.3) is 12.3 Å². The third-order valence-corrected chi connectivity index (χ3v) is 7.64. The molecule has 1 amide bonds. The number of hydrogen-bond acceptors (Lipinski definition) is 5. The van der Waals surface area contributed by atoms with E-state index in [9.17, 15) is 40.3 Å². The van der Waals surface area contributed by atoms with Crippen LogP contribution in [0.2, 0.25) is 0 Å². The number of nitrogens with zero attached hydrogens (tertiary/aromatic N) is 4. The fourth-order valence-electron chi connectivity index (χ4n) is 4.86. The summed E-state index contributed by atoms with van der Waals surface area (Å²) in [4.78, 5) is 32.1. The molecule has 0 spiro atoms. The molecule has 14 heteroatoms. The third kappa shape index (κ3) is 4.95. The Kier molecular flexibility index (Phi) is 7.15. The number of hydrogen-bond donors (Lipinski definition) is 0. The Morgan fingerprint density at radius 1 is 1.12 bits per heavy atom. The molecule has 0 aliphatic carbocycles. The van der Waals surface area contributed by atoms with Crippen molar-refractivity contribution in [1.29, 1.82) is 0 Å². The Hall–Kier alpha value is -3.81. The van der Waals surface area contributed by atoms with Gasteiger partial charge in [0.2, 0.25) is 0 Å². The van der Waals surface area contributed by atoms with E-state index in [1.807, 2.05) is 0 Å². The molecule has 0 bridgehead atoms. The number of alkyl halides is 5. The number of amides is 1. The van der Waals surface area contributed by atoms with Gasteiger partial charge in [-0.2, -0.15) is 18.2 Å². The van der Waals surface area contributed by atoms with E-state index in [2.05, 4.69) is 11.6 Å². The molecule has 1 aromatic heterocycles. The lowest BCUT2D eigenvalue weighted by Gasteiger charge is -2.37. The number of carbonyl (C=O) groups is 1. The molecule has 6 nitrogen and oxygen atoms in total. The molecular weight excluding hydrogens is 565 g/mol. The van der Waals surface area contributed by atoms with E-state index in [0.717, 1.165) is 34.9 Å². The zero-order valence-electron chi connectivity index (χ0n) is 20.4. The molecule has 40 heavy (non-hydrogen) atoms. The molecule has 1 saturated heterocycles. The van der Waals surface area contributed by atoms with Crippen LogP contribution < -0.4 is 10.6 Å². The first kappa shape index (κ1) is 27.7. The van der Waals surface area contributed by atoms with Gasteiger partial charge in [-0.1, -0.05) is 6.58 Å². The molecule has 0 N–H and O–H groups in total. The van der Waals surface area contributed by atoms with Crippen LogP contribution >= 0.6 is 11.8 Å². The minimum Gasteiger partial charge on any atom is -0.348 e. The summed E-state index contributed by atoms with van der Waals surface area (Å²) in [5.74, 6) is -2.76. The number of aryl methyl sites for hydroxylation is 1. The number of halogens is 7. The lowest BCUT2D eigenvalue weighted by Crippen LogP contribution is -2.47. The topological polar surface area (TPSA) is 58.4 Å². The third-order valence-electron chi connectivity index (χ3n) is 6.56. The van der Waals surface area contributed by atoms with Crippen LogP contribution in [-0.4, -0.2) is 52.2 Å². The normalized spacial score (nSPS) is 16.1. The molecular formula is C26H19F7N4O2S. The van der Waals surface area contributed by atoms with E-state index in [0.29, 0.717) is 18.2 Å². The Bertz CT molecular complexity index is 1630. The maximum Gasteiger partial charge on any atom is 0.417 e. The number of allylic oxidation sites excluding steroid dienone is 1. The first-order valence-electron chi connectivity index (χ1n) is 11.8. The summed E-state index contributed by atoms with van der Waals surface area (Å²) in [6, 6.07) is 3.08. The highest BCUT2D eigenvalue weighted by molar-refractivity contribution is 7.99. The van der Waals surface area contributed by atoms with Crippen molar-refractivity contribution >= 4 is 34.4 Å².